The number of aromatic nitrogens is 2. The smallest absolute Gasteiger partial charge is 0.346 e. The van der Waals surface area contributed by atoms with Crippen molar-refractivity contribution in [3.8, 4) is 0 Å². The average molecular weight is 205 g/mol. The van der Waals surface area contributed by atoms with Crippen LogP contribution >= 0.6 is 0 Å². The van der Waals surface area contributed by atoms with Crippen molar-refractivity contribution >= 4 is 5.91 Å². The Balaban J connectivity index is 2.23. The summed E-state index contributed by atoms with van der Waals surface area (Å²) in [5, 5.41) is 6.10. The summed E-state index contributed by atoms with van der Waals surface area (Å²) in [4.78, 5) is 11.0. The van der Waals surface area contributed by atoms with Crippen molar-refractivity contribution in [3.05, 3.63) is 17.5 Å². The van der Waals surface area contributed by atoms with Crippen LogP contribution in [0.4, 0.5) is 13.2 Å². The van der Waals surface area contributed by atoms with Crippen molar-refractivity contribution in [2.45, 2.75) is 19.3 Å². The molecule has 1 aliphatic heterocycles. The molecule has 0 aromatic carbocycles. The van der Waals surface area contributed by atoms with E-state index in [9.17, 15) is 18.0 Å². The van der Waals surface area contributed by atoms with Crippen molar-refractivity contribution in [2.24, 2.45) is 0 Å². The zero-order chi connectivity index (χ0) is 10.3. The second-order valence-electron chi connectivity index (χ2n) is 2.98. The lowest BCUT2D eigenvalue weighted by Gasteiger charge is -2.05. The van der Waals surface area contributed by atoms with Gasteiger partial charge in [0, 0.05) is 6.20 Å². The maximum absolute atomic E-state index is 11.9. The van der Waals surface area contributed by atoms with Gasteiger partial charge >= 0.3 is 6.18 Å². The summed E-state index contributed by atoms with van der Waals surface area (Å²) in [6.07, 6.45) is -3.19. The first kappa shape index (κ1) is 9.04. The minimum absolute atomic E-state index is 0.207. The lowest BCUT2D eigenvalue weighted by molar-refractivity contribution is -0.142. The van der Waals surface area contributed by atoms with Gasteiger partial charge in [-0.25, -0.2) is 0 Å². The quantitative estimate of drug-likeness (QED) is 0.733. The lowest BCUT2D eigenvalue weighted by atomic mass is 10.3. The van der Waals surface area contributed by atoms with Gasteiger partial charge in [-0.3, -0.25) is 9.48 Å². The Morgan fingerprint density at radius 2 is 2.29 bits per heavy atom. The number of nitrogens with one attached hydrogen (secondary N) is 1. The Hall–Kier alpha value is -1.53. The van der Waals surface area contributed by atoms with Gasteiger partial charge in [-0.05, 0) is 0 Å². The monoisotopic (exact) mass is 205 g/mol. The van der Waals surface area contributed by atoms with E-state index in [1.807, 2.05) is 0 Å². The molecule has 0 saturated carbocycles. The van der Waals surface area contributed by atoms with Crippen LogP contribution in [0, 0.1) is 0 Å². The topological polar surface area (TPSA) is 46.9 Å². The maximum Gasteiger partial charge on any atom is 0.408 e. The van der Waals surface area contributed by atoms with Gasteiger partial charge in [0.05, 0.1) is 17.8 Å². The molecule has 2 heterocycles. The Labute approximate surface area is 76.7 Å². The number of fused-ring (bicyclic) bond motifs is 1. The van der Waals surface area contributed by atoms with Crippen LogP contribution in [0.2, 0.25) is 0 Å². The molecule has 1 amide bonds. The van der Waals surface area contributed by atoms with Crippen LogP contribution in [0.1, 0.15) is 16.1 Å². The van der Waals surface area contributed by atoms with E-state index < -0.39 is 12.7 Å². The molecule has 0 aliphatic carbocycles. The van der Waals surface area contributed by atoms with Gasteiger partial charge in [0.15, 0.2) is 0 Å². The van der Waals surface area contributed by atoms with Crippen LogP contribution < -0.4 is 5.32 Å². The van der Waals surface area contributed by atoms with E-state index in [0.717, 1.165) is 10.9 Å². The van der Waals surface area contributed by atoms with Gasteiger partial charge in [0.1, 0.15) is 6.54 Å². The minimum atomic E-state index is -4.31. The molecule has 1 aliphatic rings. The number of hydrogen-bond acceptors (Lipinski definition) is 2. The Morgan fingerprint density at radius 3 is 2.86 bits per heavy atom. The number of rotatable bonds is 1. The van der Waals surface area contributed by atoms with Gasteiger partial charge in [-0.1, -0.05) is 0 Å². The minimum Gasteiger partial charge on any atom is -0.346 e. The van der Waals surface area contributed by atoms with E-state index >= 15 is 0 Å². The van der Waals surface area contributed by atoms with E-state index in [2.05, 4.69) is 10.4 Å². The summed E-state index contributed by atoms with van der Waals surface area (Å²) in [5.74, 6) is -0.367. The van der Waals surface area contributed by atoms with E-state index in [1.165, 1.54) is 0 Å². The molecule has 1 N–H and O–H groups in total. The van der Waals surface area contributed by atoms with Gasteiger partial charge in [0.2, 0.25) is 0 Å². The fourth-order valence-corrected chi connectivity index (χ4v) is 1.31. The second-order valence-corrected chi connectivity index (χ2v) is 2.98. The van der Waals surface area contributed by atoms with Crippen LogP contribution in [0.25, 0.3) is 0 Å². The summed E-state index contributed by atoms with van der Waals surface area (Å²) in [6, 6.07) is 0. The molecule has 0 radical (unpaired) electrons. The zero-order valence-electron chi connectivity index (χ0n) is 6.93. The molecule has 0 spiro atoms. The molecule has 4 nitrogen and oxygen atoms in total. The first-order valence-electron chi connectivity index (χ1n) is 3.87. The number of halogens is 3. The third-order valence-electron chi connectivity index (χ3n) is 1.84. The van der Waals surface area contributed by atoms with Gasteiger partial charge in [-0.15, -0.1) is 0 Å². The third-order valence-corrected chi connectivity index (χ3v) is 1.84. The fraction of sp³-hybridized carbons (Fsp3) is 0.429. The van der Waals surface area contributed by atoms with Crippen molar-refractivity contribution < 1.29 is 18.0 Å². The molecule has 0 atom stereocenters. The average Bonchev–Trinajstić information content (AvgIpc) is 2.51. The van der Waals surface area contributed by atoms with Crippen molar-refractivity contribution in [1.29, 1.82) is 0 Å². The second kappa shape index (κ2) is 2.73. The molecule has 0 bridgehead atoms. The number of amides is 1. The molecule has 7 heteroatoms. The van der Waals surface area contributed by atoms with Crippen molar-refractivity contribution in [1.82, 2.24) is 15.1 Å². The van der Waals surface area contributed by atoms with Crippen LogP contribution in [0.15, 0.2) is 6.20 Å². The molecular formula is C7H6F3N3O. The number of nitrogens with zero attached hydrogens (tertiary/aromatic N) is 2. The largest absolute Gasteiger partial charge is 0.408 e. The standard InChI is InChI=1S/C7H6F3N3O/c8-7(9,10)3-13-2-4-5(12-13)1-11-6(4)14/h2H,1,3H2,(H,11,14). The summed E-state index contributed by atoms with van der Waals surface area (Å²) in [7, 11) is 0. The Morgan fingerprint density at radius 1 is 1.57 bits per heavy atom. The number of carbonyl (C=O) groups excluding carboxylic acids is 1. The van der Waals surface area contributed by atoms with Gasteiger partial charge in [-0.2, -0.15) is 18.3 Å². The zero-order valence-corrected chi connectivity index (χ0v) is 6.93. The van der Waals surface area contributed by atoms with Crippen LogP contribution in [-0.4, -0.2) is 21.9 Å². The predicted molar refractivity (Wildman–Crippen MR) is 39.5 cm³/mol. The van der Waals surface area contributed by atoms with Gasteiger partial charge in [0.25, 0.3) is 5.91 Å². The summed E-state index contributed by atoms with van der Waals surface area (Å²) < 4.78 is 36.6. The van der Waals surface area contributed by atoms with Crippen molar-refractivity contribution in [3.63, 3.8) is 0 Å². The molecule has 14 heavy (non-hydrogen) atoms. The molecule has 0 saturated heterocycles. The van der Waals surface area contributed by atoms with E-state index in [0.29, 0.717) is 5.69 Å². The molecule has 0 unspecified atom stereocenters. The summed E-state index contributed by atoms with van der Waals surface area (Å²) in [5.41, 5.74) is 0.605. The van der Waals surface area contributed by atoms with E-state index in [4.69, 9.17) is 0 Å². The molecule has 2 rings (SSSR count). The van der Waals surface area contributed by atoms with Crippen LogP contribution in [0.5, 0.6) is 0 Å². The van der Waals surface area contributed by atoms with Crippen molar-refractivity contribution in [2.75, 3.05) is 0 Å². The summed E-state index contributed by atoms with van der Waals surface area (Å²) in [6.45, 7) is -0.952. The highest BCUT2D eigenvalue weighted by atomic mass is 19.4. The molecule has 0 fully saturated rings. The molecule has 76 valence electrons. The normalized spacial score (nSPS) is 15.5. The maximum atomic E-state index is 11.9. The Bertz CT molecular complexity index is 382. The SMILES string of the molecule is O=C1NCc2nn(CC(F)(F)F)cc21. The van der Waals surface area contributed by atoms with Crippen LogP contribution in [-0.2, 0) is 13.1 Å². The highest BCUT2D eigenvalue weighted by molar-refractivity contribution is 5.97. The highest BCUT2D eigenvalue weighted by Gasteiger charge is 2.30. The van der Waals surface area contributed by atoms with Crippen LogP contribution in [0.3, 0.4) is 0 Å². The lowest BCUT2D eigenvalue weighted by Crippen LogP contribution is -2.20. The Kier molecular flexibility index (Phi) is 1.76. The number of carbonyl (C=O) groups is 1. The molecule has 1 aromatic rings. The van der Waals surface area contributed by atoms with Gasteiger partial charge < -0.3 is 5.32 Å². The number of alkyl halides is 3. The summed E-state index contributed by atoms with van der Waals surface area (Å²) >= 11 is 0. The highest BCUT2D eigenvalue weighted by Crippen LogP contribution is 2.19. The molecular weight excluding hydrogens is 199 g/mol. The fourth-order valence-electron chi connectivity index (χ4n) is 1.31. The first-order chi connectivity index (χ1) is 6.46. The first-order valence-corrected chi connectivity index (χ1v) is 3.87. The van der Waals surface area contributed by atoms with E-state index in [-0.39, 0.29) is 18.0 Å². The van der Waals surface area contributed by atoms with E-state index in [1.54, 1.807) is 0 Å². The third kappa shape index (κ3) is 1.57. The molecule has 1 aromatic heterocycles. The predicted octanol–water partition coefficient (Wildman–Crippen LogP) is 0.689. The number of hydrogen-bond donors (Lipinski definition) is 1.